The number of hydrogen-bond donors (Lipinski definition) is 1. The fourth-order valence-corrected chi connectivity index (χ4v) is 4.59. The van der Waals surface area contributed by atoms with Crippen molar-refractivity contribution in [3.8, 4) is 0 Å². The molecule has 0 amide bonds. The topological polar surface area (TPSA) is 23.5 Å². The first-order valence-corrected chi connectivity index (χ1v) is 12.5. The first-order valence-electron chi connectivity index (χ1n) is 12.5. The molecule has 1 saturated heterocycles. The van der Waals surface area contributed by atoms with Gasteiger partial charge in [0.1, 0.15) is 0 Å². The number of hydrogen-bond acceptors (Lipinski definition) is 2. The van der Waals surface area contributed by atoms with Gasteiger partial charge in [-0.15, -0.1) is 0 Å². The molecule has 0 aromatic rings. The fraction of sp³-hybridized carbons (Fsp3) is 0.960. The van der Waals surface area contributed by atoms with Crippen molar-refractivity contribution < 1.29 is 5.11 Å². The third kappa shape index (κ3) is 13.7. The lowest BCUT2D eigenvalue weighted by molar-refractivity contribution is 0.0491. The molecule has 1 radical (unpaired) electrons. The Hall–Kier alpha value is -0.0800. The molecule has 2 unspecified atom stereocenters. The standard InChI is InChI=1S/C25H50NO/c1-3-4-5-6-7-8-9-10-11-12-13-14-15-16-17-19-22-26-23-20-18-21-25(26)24(2)27/h24-25,27H,2-23H2,1H3. The van der Waals surface area contributed by atoms with Crippen molar-refractivity contribution in [3.05, 3.63) is 6.92 Å². The lowest BCUT2D eigenvalue weighted by Crippen LogP contribution is -2.46. The minimum Gasteiger partial charge on any atom is -0.391 e. The van der Waals surface area contributed by atoms with E-state index >= 15 is 0 Å². The maximum Gasteiger partial charge on any atom is 0.0696 e. The number of rotatable bonds is 18. The van der Waals surface area contributed by atoms with E-state index in [9.17, 15) is 5.11 Å². The van der Waals surface area contributed by atoms with Gasteiger partial charge < -0.3 is 5.11 Å². The second-order valence-electron chi connectivity index (χ2n) is 8.97. The first kappa shape index (κ1) is 25.0. The van der Waals surface area contributed by atoms with Crippen molar-refractivity contribution in [3.63, 3.8) is 0 Å². The molecule has 2 heteroatoms. The van der Waals surface area contributed by atoms with Gasteiger partial charge in [-0.25, -0.2) is 0 Å². The molecule has 2 atom stereocenters. The minimum atomic E-state index is -0.411. The molecule has 0 bridgehead atoms. The lowest BCUT2D eigenvalue weighted by Gasteiger charge is -2.37. The summed E-state index contributed by atoms with van der Waals surface area (Å²) in [4.78, 5) is 2.49. The van der Waals surface area contributed by atoms with Gasteiger partial charge in [0.05, 0.1) is 6.10 Å². The van der Waals surface area contributed by atoms with Gasteiger partial charge in [0.15, 0.2) is 0 Å². The first-order chi connectivity index (χ1) is 13.3. The van der Waals surface area contributed by atoms with Crippen molar-refractivity contribution in [2.24, 2.45) is 0 Å². The zero-order chi connectivity index (χ0) is 19.6. The number of nitrogens with zero attached hydrogens (tertiary/aromatic N) is 1. The van der Waals surface area contributed by atoms with Crippen LogP contribution < -0.4 is 0 Å². The Balaban J connectivity index is 1.79. The third-order valence-corrected chi connectivity index (χ3v) is 6.41. The second-order valence-corrected chi connectivity index (χ2v) is 8.97. The average Bonchev–Trinajstić information content (AvgIpc) is 2.68. The SMILES string of the molecule is [CH2]C(O)C1CCCCN1CCCCCCCCCCCCCCCCCC. The second kappa shape index (κ2) is 18.0. The normalized spacial score (nSPS) is 19.4. The zero-order valence-corrected chi connectivity index (χ0v) is 18.6. The van der Waals surface area contributed by atoms with Crippen LogP contribution in [0.1, 0.15) is 129 Å². The van der Waals surface area contributed by atoms with E-state index < -0.39 is 6.10 Å². The molecule has 1 aliphatic rings. The van der Waals surface area contributed by atoms with E-state index in [2.05, 4.69) is 18.7 Å². The van der Waals surface area contributed by atoms with Crippen LogP contribution in [0.25, 0.3) is 0 Å². The van der Waals surface area contributed by atoms with E-state index in [-0.39, 0.29) is 0 Å². The molecule has 0 aromatic heterocycles. The summed E-state index contributed by atoms with van der Waals surface area (Å²) in [5.41, 5.74) is 0. The molecule has 1 heterocycles. The lowest BCUT2D eigenvalue weighted by atomic mass is 9.97. The Morgan fingerprint density at radius 1 is 0.741 bits per heavy atom. The molecule has 27 heavy (non-hydrogen) atoms. The Bertz CT molecular complexity index is 305. The van der Waals surface area contributed by atoms with E-state index in [4.69, 9.17) is 0 Å². The Labute approximate surface area is 171 Å². The van der Waals surface area contributed by atoms with Gasteiger partial charge in [0.25, 0.3) is 0 Å². The largest absolute Gasteiger partial charge is 0.391 e. The highest BCUT2D eigenvalue weighted by molar-refractivity contribution is 4.83. The summed E-state index contributed by atoms with van der Waals surface area (Å²) < 4.78 is 0. The Morgan fingerprint density at radius 2 is 1.19 bits per heavy atom. The highest BCUT2D eigenvalue weighted by Gasteiger charge is 2.25. The minimum absolute atomic E-state index is 0.315. The summed E-state index contributed by atoms with van der Waals surface area (Å²) >= 11 is 0. The molecular formula is C25H50NO. The summed E-state index contributed by atoms with van der Waals surface area (Å²) in [5, 5.41) is 9.83. The number of likely N-dealkylation sites (tertiary alicyclic amines) is 1. The maximum absolute atomic E-state index is 9.83. The van der Waals surface area contributed by atoms with Gasteiger partial charge in [0.2, 0.25) is 0 Å². The van der Waals surface area contributed by atoms with E-state index in [1.165, 1.54) is 116 Å². The van der Waals surface area contributed by atoms with Crippen molar-refractivity contribution in [1.29, 1.82) is 0 Å². The average molecular weight is 381 g/mol. The van der Waals surface area contributed by atoms with Crippen LogP contribution in [0.4, 0.5) is 0 Å². The molecule has 0 aliphatic carbocycles. The van der Waals surface area contributed by atoms with Crippen LogP contribution in [-0.2, 0) is 0 Å². The highest BCUT2D eigenvalue weighted by atomic mass is 16.3. The van der Waals surface area contributed by atoms with Crippen molar-refractivity contribution in [2.45, 2.75) is 141 Å². The summed E-state index contributed by atoms with van der Waals surface area (Å²) in [6, 6.07) is 0.315. The number of aliphatic hydroxyl groups is 1. The van der Waals surface area contributed by atoms with Gasteiger partial charge in [-0.1, -0.05) is 110 Å². The quantitative estimate of drug-likeness (QED) is 0.252. The smallest absolute Gasteiger partial charge is 0.0696 e. The van der Waals surface area contributed by atoms with Crippen molar-refractivity contribution in [1.82, 2.24) is 4.90 Å². The molecule has 0 aromatic carbocycles. The van der Waals surface area contributed by atoms with Gasteiger partial charge >= 0.3 is 0 Å². The van der Waals surface area contributed by atoms with Crippen LogP contribution in [0.15, 0.2) is 0 Å². The van der Waals surface area contributed by atoms with Crippen LogP contribution in [0.3, 0.4) is 0 Å². The van der Waals surface area contributed by atoms with Gasteiger partial charge in [0, 0.05) is 6.04 Å². The van der Waals surface area contributed by atoms with Gasteiger partial charge in [-0.3, -0.25) is 4.90 Å². The molecule has 0 spiro atoms. The fourth-order valence-electron chi connectivity index (χ4n) is 4.59. The highest BCUT2D eigenvalue weighted by Crippen LogP contribution is 2.20. The number of unbranched alkanes of at least 4 members (excludes halogenated alkanes) is 15. The molecule has 1 aliphatic heterocycles. The summed E-state index contributed by atoms with van der Waals surface area (Å²) in [7, 11) is 0. The monoisotopic (exact) mass is 380 g/mol. The molecule has 2 nitrogen and oxygen atoms in total. The summed E-state index contributed by atoms with van der Waals surface area (Å²) in [6.07, 6.45) is 26.1. The van der Waals surface area contributed by atoms with Crippen LogP contribution in [-0.4, -0.2) is 35.2 Å². The Morgan fingerprint density at radius 3 is 1.63 bits per heavy atom. The van der Waals surface area contributed by atoms with Crippen LogP contribution in [0, 0.1) is 6.92 Å². The summed E-state index contributed by atoms with van der Waals surface area (Å²) in [5.74, 6) is 0. The number of piperidine rings is 1. The zero-order valence-electron chi connectivity index (χ0n) is 18.6. The molecule has 161 valence electrons. The maximum atomic E-state index is 9.83. The van der Waals surface area contributed by atoms with E-state index in [1.807, 2.05) is 0 Å². The molecule has 0 saturated carbocycles. The number of aliphatic hydroxyl groups excluding tert-OH is 1. The molecule has 1 fully saturated rings. The molecular weight excluding hydrogens is 330 g/mol. The van der Waals surface area contributed by atoms with Crippen LogP contribution in [0.5, 0.6) is 0 Å². The molecule has 1 N–H and O–H groups in total. The van der Waals surface area contributed by atoms with Gasteiger partial charge in [-0.05, 0) is 39.3 Å². The summed E-state index contributed by atoms with van der Waals surface area (Å²) in [6.45, 7) is 8.47. The third-order valence-electron chi connectivity index (χ3n) is 6.41. The van der Waals surface area contributed by atoms with E-state index in [1.54, 1.807) is 0 Å². The Kier molecular flexibility index (Phi) is 16.6. The van der Waals surface area contributed by atoms with Crippen LogP contribution in [0.2, 0.25) is 0 Å². The predicted octanol–water partition coefficient (Wildman–Crippen LogP) is 7.30. The van der Waals surface area contributed by atoms with E-state index in [0.29, 0.717) is 6.04 Å². The predicted molar refractivity (Wildman–Crippen MR) is 120 cm³/mol. The van der Waals surface area contributed by atoms with Gasteiger partial charge in [-0.2, -0.15) is 0 Å². The van der Waals surface area contributed by atoms with Crippen molar-refractivity contribution in [2.75, 3.05) is 13.1 Å². The van der Waals surface area contributed by atoms with Crippen molar-refractivity contribution >= 4 is 0 Å². The van der Waals surface area contributed by atoms with E-state index in [0.717, 1.165) is 19.5 Å². The van der Waals surface area contributed by atoms with Crippen LogP contribution >= 0.6 is 0 Å². The molecule has 1 rings (SSSR count).